The van der Waals surface area contributed by atoms with Crippen LogP contribution in [0.5, 0.6) is 0 Å². The SMILES string of the molecule is CCCCOC(=O)C(C=Cc1ccccc1)=C(C=Cc1ccccc1)C=C(C#N)C=CC#N. The van der Waals surface area contributed by atoms with E-state index in [1.165, 1.54) is 12.2 Å². The van der Waals surface area contributed by atoms with Gasteiger partial charge in [0.25, 0.3) is 0 Å². The molecule has 0 saturated carbocycles. The van der Waals surface area contributed by atoms with E-state index < -0.39 is 5.97 Å². The maximum atomic E-state index is 13.0. The molecule has 0 spiro atoms. The third kappa shape index (κ3) is 9.09. The Bertz CT molecular complexity index is 1140. The van der Waals surface area contributed by atoms with Crippen LogP contribution in [0.4, 0.5) is 0 Å². The fourth-order valence-electron chi connectivity index (χ4n) is 2.79. The Morgan fingerprint density at radius 3 is 2.06 bits per heavy atom. The summed E-state index contributed by atoms with van der Waals surface area (Å²) in [6.07, 6.45) is 13.1. The summed E-state index contributed by atoms with van der Waals surface area (Å²) >= 11 is 0. The van der Waals surface area contributed by atoms with Gasteiger partial charge in [-0.05, 0) is 41.3 Å². The fraction of sp³-hybridized carbons (Fsp3) is 0.138. The first-order chi connectivity index (χ1) is 16.2. The van der Waals surface area contributed by atoms with Gasteiger partial charge in [0.05, 0.1) is 29.9 Å². The summed E-state index contributed by atoms with van der Waals surface area (Å²) in [6, 6.07) is 23.2. The number of rotatable bonds is 10. The van der Waals surface area contributed by atoms with Crippen LogP contribution in [0.1, 0.15) is 30.9 Å². The second-order valence-corrected chi connectivity index (χ2v) is 7.02. The van der Waals surface area contributed by atoms with E-state index in [1.54, 1.807) is 18.2 Å². The number of nitriles is 2. The lowest BCUT2D eigenvalue weighted by atomic mass is 10.0. The molecule has 4 nitrogen and oxygen atoms in total. The van der Waals surface area contributed by atoms with Crippen LogP contribution >= 0.6 is 0 Å². The minimum absolute atomic E-state index is 0.247. The van der Waals surface area contributed by atoms with Crippen molar-refractivity contribution in [2.75, 3.05) is 6.61 Å². The van der Waals surface area contributed by atoms with Gasteiger partial charge in [-0.1, -0.05) is 92.2 Å². The second-order valence-electron chi connectivity index (χ2n) is 7.02. The van der Waals surface area contributed by atoms with Crippen LogP contribution in [-0.4, -0.2) is 12.6 Å². The van der Waals surface area contributed by atoms with Gasteiger partial charge in [-0.3, -0.25) is 0 Å². The molecule has 0 saturated heterocycles. The summed E-state index contributed by atoms with van der Waals surface area (Å²) in [4.78, 5) is 13.0. The van der Waals surface area contributed by atoms with Crippen LogP contribution < -0.4 is 0 Å². The normalized spacial score (nSPS) is 12.5. The maximum absolute atomic E-state index is 13.0. The van der Waals surface area contributed by atoms with Crippen molar-refractivity contribution in [1.29, 1.82) is 10.5 Å². The molecule has 0 aliphatic carbocycles. The van der Waals surface area contributed by atoms with E-state index in [9.17, 15) is 10.1 Å². The number of carbonyl (C=O) groups excluding carboxylic acids is 1. The number of unbranched alkanes of at least 4 members (excludes halogenated alkanes) is 1. The van der Waals surface area contributed by atoms with E-state index >= 15 is 0 Å². The summed E-state index contributed by atoms with van der Waals surface area (Å²) in [7, 11) is 0. The lowest BCUT2D eigenvalue weighted by Gasteiger charge is -2.08. The van der Waals surface area contributed by atoms with Gasteiger partial charge < -0.3 is 4.74 Å². The molecule has 4 heteroatoms. The first-order valence-corrected chi connectivity index (χ1v) is 10.7. The van der Waals surface area contributed by atoms with Crippen molar-refractivity contribution >= 4 is 18.1 Å². The van der Waals surface area contributed by atoms with E-state index in [-0.39, 0.29) is 5.57 Å². The van der Waals surface area contributed by atoms with E-state index in [2.05, 4.69) is 6.07 Å². The van der Waals surface area contributed by atoms with Gasteiger partial charge >= 0.3 is 5.97 Å². The minimum Gasteiger partial charge on any atom is -0.462 e. The van der Waals surface area contributed by atoms with Crippen LogP contribution in [0.25, 0.3) is 12.2 Å². The Morgan fingerprint density at radius 2 is 1.52 bits per heavy atom. The third-order valence-electron chi connectivity index (χ3n) is 4.54. The Labute approximate surface area is 195 Å². The number of hydrogen-bond acceptors (Lipinski definition) is 4. The van der Waals surface area contributed by atoms with Crippen LogP contribution in [-0.2, 0) is 9.53 Å². The van der Waals surface area contributed by atoms with Crippen LogP contribution in [0, 0.1) is 22.7 Å². The number of allylic oxidation sites excluding steroid dienone is 6. The monoisotopic (exact) mass is 434 g/mol. The number of carbonyl (C=O) groups is 1. The van der Waals surface area contributed by atoms with Crippen molar-refractivity contribution in [2.45, 2.75) is 19.8 Å². The number of hydrogen-bond donors (Lipinski definition) is 0. The Kier molecular flexibility index (Phi) is 11.0. The molecule has 0 bridgehead atoms. The number of ether oxygens (including phenoxy) is 1. The van der Waals surface area contributed by atoms with Crippen molar-refractivity contribution in [2.24, 2.45) is 0 Å². The highest BCUT2D eigenvalue weighted by Crippen LogP contribution is 2.18. The number of esters is 1. The van der Waals surface area contributed by atoms with Gasteiger partial charge in [-0.25, -0.2) is 4.79 Å². The molecule has 2 aromatic carbocycles. The average molecular weight is 435 g/mol. The molecule has 0 aromatic heterocycles. The smallest absolute Gasteiger partial charge is 0.338 e. The minimum atomic E-state index is -0.471. The molecular formula is C29H26N2O2. The van der Waals surface area contributed by atoms with Crippen LogP contribution in [0.15, 0.2) is 108 Å². The van der Waals surface area contributed by atoms with Crippen molar-refractivity contribution in [3.05, 3.63) is 119 Å². The first kappa shape index (κ1) is 24.9. The Balaban J connectivity index is 2.61. The summed E-state index contributed by atoms with van der Waals surface area (Å²) in [5.41, 5.74) is 2.94. The summed E-state index contributed by atoms with van der Waals surface area (Å²) in [6.45, 7) is 2.34. The molecule has 33 heavy (non-hydrogen) atoms. The zero-order valence-corrected chi connectivity index (χ0v) is 18.6. The molecule has 0 heterocycles. The van der Waals surface area contributed by atoms with Gasteiger partial charge in [0.15, 0.2) is 0 Å². The maximum Gasteiger partial charge on any atom is 0.338 e. The average Bonchev–Trinajstić information content (AvgIpc) is 2.86. The molecule has 2 rings (SSSR count). The van der Waals surface area contributed by atoms with Gasteiger partial charge in [0, 0.05) is 6.08 Å². The Hall–Kier alpha value is -4.41. The molecule has 0 unspecified atom stereocenters. The quantitative estimate of drug-likeness (QED) is 0.139. The molecule has 0 atom stereocenters. The van der Waals surface area contributed by atoms with E-state index in [1.807, 2.05) is 85.8 Å². The van der Waals surface area contributed by atoms with Crippen molar-refractivity contribution in [3.63, 3.8) is 0 Å². The zero-order chi connectivity index (χ0) is 23.7. The highest BCUT2D eigenvalue weighted by Gasteiger charge is 2.13. The lowest BCUT2D eigenvalue weighted by Crippen LogP contribution is -2.09. The zero-order valence-electron chi connectivity index (χ0n) is 18.6. The van der Waals surface area contributed by atoms with Crippen molar-refractivity contribution in [3.8, 4) is 12.1 Å². The highest BCUT2D eigenvalue weighted by atomic mass is 16.5. The molecule has 0 fully saturated rings. The fourth-order valence-corrected chi connectivity index (χ4v) is 2.79. The summed E-state index contributed by atoms with van der Waals surface area (Å²) in [5, 5.41) is 18.4. The molecule has 0 aliphatic heterocycles. The number of benzene rings is 2. The molecule has 0 N–H and O–H groups in total. The first-order valence-electron chi connectivity index (χ1n) is 10.7. The second kappa shape index (κ2) is 14.6. The predicted molar refractivity (Wildman–Crippen MR) is 132 cm³/mol. The predicted octanol–water partition coefficient (Wildman–Crippen LogP) is 6.58. The summed E-state index contributed by atoms with van der Waals surface area (Å²) < 4.78 is 5.50. The van der Waals surface area contributed by atoms with Crippen molar-refractivity contribution in [1.82, 2.24) is 0 Å². The number of nitrogens with zero attached hydrogens (tertiary/aromatic N) is 2. The summed E-state index contributed by atoms with van der Waals surface area (Å²) in [5.74, 6) is -0.471. The van der Waals surface area contributed by atoms with E-state index in [0.29, 0.717) is 17.8 Å². The van der Waals surface area contributed by atoms with Crippen LogP contribution in [0.3, 0.4) is 0 Å². The molecule has 2 aromatic rings. The topological polar surface area (TPSA) is 73.9 Å². The van der Waals surface area contributed by atoms with Crippen LogP contribution in [0.2, 0.25) is 0 Å². The largest absolute Gasteiger partial charge is 0.462 e. The van der Waals surface area contributed by atoms with E-state index in [4.69, 9.17) is 10.00 Å². The highest BCUT2D eigenvalue weighted by molar-refractivity contribution is 5.95. The Morgan fingerprint density at radius 1 is 0.909 bits per heavy atom. The standard InChI is InChI=1S/C29H26N2O2/c1-2-3-21-33-29(32)28(19-17-25-13-8-5-9-14-25)27(22-26(23-31)15-10-20-30)18-16-24-11-6-4-7-12-24/h4-19,22H,2-3,21H2,1H3. The molecule has 0 amide bonds. The van der Waals surface area contributed by atoms with Gasteiger partial charge in [0.1, 0.15) is 0 Å². The van der Waals surface area contributed by atoms with Gasteiger partial charge in [-0.15, -0.1) is 0 Å². The van der Waals surface area contributed by atoms with Gasteiger partial charge in [-0.2, -0.15) is 10.5 Å². The molecule has 164 valence electrons. The molecular weight excluding hydrogens is 408 g/mol. The lowest BCUT2D eigenvalue weighted by molar-refractivity contribution is -0.138. The molecule has 0 aliphatic rings. The van der Waals surface area contributed by atoms with Crippen molar-refractivity contribution < 1.29 is 9.53 Å². The third-order valence-corrected chi connectivity index (χ3v) is 4.54. The van der Waals surface area contributed by atoms with E-state index in [0.717, 1.165) is 24.0 Å². The molecule has 0 radical (unpaired) electrons. The van der Waals surface area contributed by atoms with Gasteiger partial charge in [0.2, 0.25) is 0 Å².